The first-order chi connectivity index (χ1) is 4.63. The maximum absolute atomic E-state index is 11.0. The normalized spacial score (nSPS) is 12.8. The molecule has 0 heterocycles. The molecule has 0 aromatic rings. The highest BCUT2D eigenvalue weighted by molar-refractivity contribution is 6.31. The van der Waals surface area contributed by atoms with Crippen LogP contribution in [0.3, 0.4) is 0 Å². The molecule has 0 rings (SSSR count). The van der Waals surface area contributed by atoms with Crippen molar-refractivity contribution in [1.82, 2.24) is 0 Å². The molecule has 10 heavy (non-hydrogen) atoms. The monoisotopic (exact) mass is 160 g/mol. The zero-order chi connectivity index (χ0) is 8.15. The first-order valence-corrected chi connectivity index (χ1v) is 3.89. The molecule has 0 saturated carbocycles. The molecule has 0 aromatic carbocycles. The highest BCUT2D eigenvalue weighted by Crippen LogP contribution is 2.14. The Labute approximate surface area is 67.1 Å². The minimum atomic E-state index is 0.162. The lowest BCUT2D eigenvalue weighted by molar-refractivity contribution is -0.115. The summed E-state index contributed by atoms with van der Waals surface area (Å²) < 4.78 is 0. The van der Waals surface area contributed by atoms with Crippen LogP contribution in [-0.4, -0.2) is 5.78 Å². The van der Waals surface area contributed by atoms with E-state index < -0.39 is 0 Å². The van der Waals surface area contributed by atoms with Gasteiger partial charge in [-0.15, -0.1) is 0 Å². The standard InChI is InChI=1S/C8H13ClO/c1-4-7(6(3)9)8(10)5-2/h4-5H2,1-3H3/b7-6-. The summed E-state index contributed by atoms with van der Waals surface area (Å²) in [5, 5.41) is 0.634. The van der Waals surface area contributed by atoms with Gasteiger partial charge >= 0.3 is 0 Å². The number of allylic oxidation sites excluding steroid dienone is 2. The Hall–Kier alpha value is -0.300. The quantitative estimate of drug-likeness (QED) is 0.581. The number of halogens is 1. The molecule has 0 aliphatic heterocycles. The van der Waals surface area contributed by atoms with Crippen molar-refractivity contribution >= 4 is 17.4 Å². The number of rotatable bonds is 3. The van der Waals surface area contributed by atoms with Crippen LogP contribution >= 0.6 is 11.6 Å². The van der Waals surface area contributed by atoms with E-state index in [0.29, 0.717) is 11.5 Å². The van der Waals surface area contributed by atoms with Gasteiger partial charge < -0.3 is 0 Å². The predicted molar refractivity (Wildman–Crippen MR) is 44.1 cm³/mol. The zero-order valence-corrected chi connectivity index (χ0v) is 7.46. The van der Waals surface area contributed by atoms with E-state index >= 15 is 0 Å². The summed E-state index contributed by atoms with van der Waals surface area (Å²) in [4.78, 5) is 11.0. The number of hydrogen-bond donors (Lipinski definition) is 0. The Morgan fingerprint density at radius 2 is 1.80 bits per heavy atom. The number of Topliss-reactive ketones (excluding diaryl/α,β-unsaturated/α-hetero) is 1. The fourth-order valence-electron chi connectivity index (χ4n) is 0.846. The van der Waals surface area contributed by atoms with Gasteiger partial charge in [0.05, 0.1) is 0 Å². The van der Waals surface area contributed by atoms with Crippen molar-refractivity contribution in [2.45, 2.75) is 33.6 Å². The van der Waals surface area contributed by atoms with E-state index in [1.54, 1.807) is 6.92 Å². The minimum Gasteiger partial charge on any atom is -0.295 e. The van der Waals surface area contributed by atoms with E-state index in [4.69, 9.17) is 11.6 Å². The number of carbonyl (C=O) groups is 1. The summed E-state index contributed by atoms with van der Waals surface area (Å²) in [5.41, 5.74) is 0.768. The molecule has 0 atom stereocenters. The van der Waals surface area contributed by atoms with Crippen LogP contribution in [0.4, 0.5) is 0 Å². The van der Waals surface area contributed by atoms with Gasteiger partial charge in [-0.2, -0.15) is 0 Å². The largest absolute Gasteiger partial charge is 0.295 e. The Balaban J connectivity index is 4.37. The Morgan fingerprint density at radius 1 is 1.30 bits per heavy atom. The van der Waals surface area contributed by atoms with Crippen molar-refractivity contribution < 1.29 is 4.79 Å². The lowest BCUT2D eigenvalue weighted by Gasteiger charge is -2.00. The molecule has 0 aliphatic rings. The van der Waals surface area contributed by atoms with Gasteiger partial charge in [-0.3, -0.25) is 4.79 Å². The molecule has 0 amide bonds. The second-order valence-electron chi connectivity index (χ2n) is 2.14. The van der Waals surface area contributed by atoms with E-state index in [2.05, 4.69) is 0 Å². The van der Waals surface area contributed by atoms with E-state index in [1.165, 1.54) is 0 Å². The average molecular weight is 161 g/mol. The van der Waals surface area contributed by atoms with Crippen LogP contribution < -0.4 is 0 Å². The maximum atomic E-state index is 11.0. The van der Waals surface area contributed by atoms with E-state index in [1.807, 2.05) is 13.8 Å². The lowest BCUT2D eigenvalue weighted by atomic mass is 10.1. The third kappa shape index (κ3) is 2.53. The molecule has 0 spiro atoms. The van der Waals surface area contributed by atoms with Crippen molar-refractivity contribution in [2.75, 3.05) is 0 Å². The van der Waals surface area contributed by atoms with Crippen molar-refractivity contribution in [3.8, 4) is 0 Å². The highest BCUT2D eigenvalue weighted by atomic mass is 35.5. The second-order valence-corrected chi connectivity index (χ2v) is 2.71. The van der Waals surface area contributed by atoms with Crippen LogP contribution in [-0.2, 0) is 4.79 Å². The second kappa shape index (κ2) is 4.51. The molecule has 1 nitrogen and oxygen atoms in total. The van der Waals surface area contributed by atoms with Crippen molar-refractivity contribution in [2.24, 2.45) is 0 Å². The topological polar surface area (TPSA) is 17.1 Å². The molecule has 0 saturated heterocycles. The summed E-state index contributed by atoms with van der Waals surface area (Å²) in [6, 6.07) is 0. The smallest absolute Gasteiger partial charge is 0.159 e. The van der Waals surface area contributed by atoms with E-state index in [9.17, 15) is 4.79 Å². The fourth-order valence-corrected chi connectivity index (χ4v) is 1.09. The van der Waals surface area contributed by atoms with Gasteiger partial charge in [-0.25, -0.2) is 0 Å². The van der Waals surface area contributed by atoms with Crippen LogP contribution in [0, 0.1) is 0 Å². The first-order valence-electron chi connectivity index (χ1n) is 3.51. The minimum absolute atomic E-state index is 0.162. The van der Waals surface area contributed by atoms with Crippen LogP contribution in [0.2, 0.25) is 0 Å². The summed E-state index contributed by atoms with van der Waals surface area (Å²) >= 11 is 5.68. The highest BCUT2D eigenvalue weighted by Gasteiger charge is 2.06. The number of ketones is 1. The van der Waals surface area contributed by atoms with E-state index in [0.717, 1.165) is 12.0 Å². The van der Waals surface area contributed by atoms with Gasteiger partial charge in [0.1, 0.15) is 0 Å². The van der Waals surface area contributed by atoms with Crippen LogP contribution in [0.1, 0.15) is 33.6 Å². The molecule has 0 fully saturated rings. The van der Waals surface area contributed by atoms with Crippen LogP contribution in [0.5, 0.6) is 0 Å². The summed E-state index contributed by atoms with van der Waals surface area (Å²) in [6.07, 6.45) is 1.29. The molecule has 58 valence electrons. The van der Waals surface area contributed by atoms with Gasteiger partial charge in [0.2, 0.25) is 0 Å². The third-order valence-corrected chi connectivity index (χ3v) is 1.66. The van der Waals surface area contributed by atoms with Gasteiger partial charge in [-0.1, -0.05) is 25.4 Å². The average Bonchev–Trinajstić information content (AvgIpc) is 1.88. The summed E-state index contributed by atoms with van der Waals surface area (Å²) in [7, 11) is 0. The zero-order valence-electron chi connectivity index (χ0n) is 6.70. The van der Waals surface area contributed by atoms with Gasteiger partial charge in [-0.05, 0) is 13.3 Å². The van der Waals surface area contributed by atoms with Crippen molar-refractivity contribution in [3.63, 3.8) is 0 Å². The van der Waals surface area contributed by atoms with E-state index in [-0.39, 0.29) is 5.78 Å². The lowest BCUT2D eigenvalue weighted by Crippen LogP contribution is -2.00. The molecule has 0 unspecified atom stereocenters. The van der Waals surface area contributed by atoms with Crippen molar-refractivity contribution in [3.05, 3.63) is 10.6 Å². The van der Waals surface area contributed by atoms with Gasteiger partial charge in [0.25, 0.3) is 0 Å². The summed E-state index contributed by atoms with van der Waals surface area (Å²) in [5.74, 6) is 0.162. The Morgan fingerprint density at radius 3 is 1.90 bits per heavy atom. The predicted octanol–water partition coefficient (Wildman–Crippen LogP) is 2.89. The van der Waals surface area contributed by atoms with Crippen LogP contribution in [0.15, 0.2) is 10.6 Å². The maximum Gasteiger partial charge on any atom is 0.159 e. The number of carbonyl (C=O) groups excluding carboxylic acids is 1. The molecule has 0 aliphatic carbocycles. The summed E-state index contributed by atoms with van der Waals surface area (Å²) in [6.45, 7) is 5.54. The number of hydrogen-bond acceptors (Lipinski definition) is 1. The van der Waals surface area contributed by atoms with Gasteiger partial charge in [0, 0.05) is 17.0 Å². The SMILES string of the molecule is CCC(=O)/C(CC)=C(/C)Cl. The molecule has 2 heteroatoms. The molecular formula is C8H13ClO. The molecule has 0 bridgehead atoms. The third-order valence-electron chi connectivity index (χ3n) is 1.43. The van der Waals surface area contributed by atoms with Crippen LogP contribution in [0.25, 0.3) is 0 Å². The fraction of sp³-hybridized carbons (Fsp3) is 0.625. The van der Waals surface area contributed by atoms with Crippen molar-refractivity contribution in [1.29, 1.82) is 0 Å². The Kier molecular flexibility index (Phi) is 4.37. The molecule has 0 N–H and O–H groups in total. The van der Waals surface area contributed by atoms with Gasteiger partial charge in [0.15, 0.2) is 5.78 Å². The molecule has 0 radical (unpaired) electrons. The molecular weight excluding hydrogens is 148 g/mol. The Bertz CT molecular complexity index is 155. The first kappa shape index (κ1) is 9.70. The molecule has 0 aromatic heterocycles.